The lowest BCUT2D eigenvalue weighted by Crippen LogP contribution is -2.25. The number of hydrogen-bond acceptors (Lipinski definition) is 7. The lowest BCUT2D eigenvalue weighted by Gasteiger charge is -2.15. The highest BCUT2D eigenvalue weighted by Gasteiger charge is 2.22. The molecule has 138 valence electrons. The van der Waals surface area contributed by atoms with Crippen LogP contribution in [-0.2, 0) is 16.0 Å². The molecule has 0 bridgehead atoms. The molecule has 1 N–H and O–H groups in total. The molecule has 0 spiro atoms. The predicted molar refractivity (Wildman–Crippen MR) is 99.5 cm³/mol. The molecule has 2 aromatic heterocycles. The molecule has 27 heavy (non-hydrogen) atoms. The summed E-state index contributed by atoms with van der Waals surface area (Å²) in [7, 11) is 0. The van der Waals surface area contributed by atoms with Crippen molar-refractivity contribution in [3.63, 3.8) is 0 Å². The highest BCUT2D eigenvalue weighted by Crippen LogP contribution is 2.30. The number of benzene rings is 1. The van der Waals surface area contributed by atoms with Gasteiger partial charge >= 0.3 is 0 Å². The van der Waals surface area contributed by atoms with Gasteiger partial charge in [-0.1, -0.05) is 11.8 Å². The Morgan fingerprint density at radius 2 is 2.19 bits per heavy atom. The monoisotopic (exact) mass is 384 g/mol. The smallest absolute Gasteiger partial charge is 0.284 e. The van der Waals surface area contributed by atoms with Crippen LogP contribution in [0.3, 0.4) is 0 Å². The minimum atomic E-state index is -0.181. The summed E-state index contributed by atoms with van der Waals surface area (Å²) in [6.07, 6.45) is 2.30. The first-order valence-corrected chi connectivity index (χ1v) is 9.30. The van der Waals surface area contributed by atoms with Crippen molar-refractivity contribution in [3.8, 4) is 11.7 Å². The van der Waals surface area contributed by atoms with E-state index >= 15 is 0 Å². The number of thioether (sulfide) groups is 1. The van der Waals surface area contributed by atoms with Gasteiger partial charge in [0.25, 0.3) is 11.1 Å². The van der Waals surface area contributed by atoms with Crippen LogP contribution in [0.1, 0.15) is 12.5 Å². The molecular formula is C18H16N4O4S. The zero-order valence-electron chi connectivity index (χ0n) is 14.5. The maximum Gasteiger partial charge on any atom is 0.284 e. The number of nitrogens with zero attached hydrogens (tertiary/aromatic N) is 3. The molecule has 4 rings (SSSR count). The van der Waals surface area contributed by atoms with E-state index in [4.69, 9.17) is 8.83 Å². The van der Waals surface area contributed by atoms with E-state index in [1.54, 1.807) is 30.0 Å². The molecule has 0 radical (unpaired) electrons. The molecule has 0 atom stereocenters. The van der Waals surface area contributed by atoms with Crippen molar-refractivity contribution in [2.45, 2.75) is 18.6 Å². The van der Waals surface area contributed by atoms with Crippen LogP contribution in [0.25, 0.3) is 11.7 Å². The van der Waals surface area contributed by atoms with Crippen LogP contribution in [0.15, 0.2) is 50.7 Å². The average molecular weight is 384 g/mol. The van der Waals surface area contributed by atoms with E-state index in [9.17, 15) is 9.59 Å². The van der Waals surface area contributed by atoms with Crippen LogP contribution < -0.4 is 10.2 Å². The maximum atomic E-state index is 12.2. The molecular weight excluding hydrogens is 368 g/mol. The Morgan fingerprint density at radius 3 is 2.96 bits per heavy atom. The van der Waals surface area contributed by atoms with Crippen molar-refractivity contribution < 1.29 is 18.4 Å². The lowest BCUT2D eigenvalue weighted by atomic mass is 10.1. The van der Waals surface area contributed by atoms with Crippen LogP contribution in [0.5, 0.6) is 0 Å². The molecule has 3 aromatic rings. The average Bonchev–Trinajstić information content (AvgIpc) is 3.38. The van der Waals surface area contributed by atoms with Crippen LogP contribution >= 0.6 is 11.8 Å². The van der Waals surface area contributed by atoms with E-state index in [1.807, 2.05) is 12.1 Å². The number of fused-ring (bicyclic) bond motifs is 1. The number of carbonyl (C=O) groups excluding carboxylic acids is 2. The summed E-state index contributed by atoms with van der Waals surface area (Å²) in [5.41, 5.74) is 2.66. The van der Waals surface area contributed by atoms with E-state index in [-0.39, 0.29) is 23.5 Å². The number of aromatic nitrogens is 2. The molecule has 1 aromatic carbocycles. The van der Waals surface area contributed by atoms with Gasteiger partial charge in [0.1, 0.15) is 0 Å². The summed E-state index contributed by atoms with van der Waals surface area (Å²) in [5.74, 6) is 0.735. The summed E-state index contributed by atoms with van der Waals surface area (Å²) in [4.78, 5) is 25.5. The Balaban J connectivity index is 1.34. The number of carbonyl (C=O) groups is 2. The van der Waals surface area contributed by atoms with E-state index in [2.05, 4.69) is 15.5 Å². The van der Waals surface area contributed by atoms with Gasteiger partial charge in [0.15, 0.2) is 5.76 Å². The maximum absolute atomic E-state index is 12.2. The van der Waals surface area contributed by atoms with Crippen LogP contribution in [0.2, 0.25) is 0 Å². The Labute approximate surface area is 158 Å². The van der Waals surface area contributed by atoms with Crippen molar-refractivity contribution in [3.05, 3.63) is 42.2 Å². The first kappa shape index (κ1) is 17.3. The molecule has 2 amide bonds. The molecule has 0 saturated heterocycles. The van der Waals surface area contributed by atoms with Gasteiger partial charge in [-0.2, -0.15) is 0 Å². The number of hydrogen-bond donors (Lipinski definition) is 1. The van der Waals surface area contributed by atoms with Gasteiger partial charge in [-0.05, 0) is 42.3 Å². The van der Waals surface area contributed by atoms with Gasteiger partial charge in [0, 0.05) is 24.8 Å². The highest BCUT2D eigenvalue weighted by molar-refractivity contribution is 7.99. The first-order chi connectivity index (χ1) is 13.1. The Bertz CT molecular complexity index is 983. The SMILES string of the molecule is CC(=O)N1CCc2cc(NC(=O)CSc3nnc(-c4ccco4)o3)ccc21. The molecule has 9 heteroatoms. The van der Waals surface area contributed by atoms with Crippen molar-refractivity contribution in [2.75, 3.05) is 22.5 Å². The summed E-state index contributed by atoms with van der Waals surface area (Å²) < 4.78 is 10.6. The lowest BCUT2D eigenvalue weighted by molar-refractivity contribution is -0.116. The topological polar surface area (TPSA) is 101 Å². The van der Waals surface area contributed by atoms with Crippen LogP contribution in [-0.4, -0.2) is 34.3 Å². The van der Waals surface area contributed by atoms with Gasteiger partial charge in [-0.25, -0.2) is 0 Å². The quantitative estimate of drug-likeness (QED) is 0.675. The highest BCUT2D eigenvalue weighted by atomic mass is 32.2. The number of anilines is 2. The van der Waals surface area contributed by atoms with E-state index in [1.165, 1.54) is 6.26 Å². The molecule has 0 saturated carbocycles. The fraction of sp³-hybridized carbons (Fsp3) is 0.222. The number of furan rings is 1. The van der Waals surface area contributed by atoms with Crippen LogP contribution in [0.4, 0.5) is 11.4 Å². The third-order valence-electron chi connectivity index (χ3n) is 4.10. The third-order valence-corrected chi connectivity index (χ3v) is 4.92. The van der Waals surface area contributed by atoms with Gasteiger partial charge in [0.2, 0.25) is 11.8 Å². The fourth-order valence-corrected chi connectivity index (χ4v) is 3.46. The fourth-order valence-electron chi connectivity index (χ4n) is 2.90. The normalized spacial score (nSPS) is 12.9. The zero-order chi connectivity index (χ0) is 18.8. The summed E-state index contributed by atoms with van der Waals surface area (Å²) in [6, 6.07) is 9.01. The first-order valence-electron chi connectivity index (χ1n) is 8.31. The third kappa shape index (κ3) is 3.72. The zero-order valence-corrected chi connectivity index (χ0v) is 15.3. The molecule has 0 fully saturated rings. The minimum absolute atomic E-state index is 0.0235. The van der Waals surface area contributed by atoms with Crippen molar-refractivity contribution >= 4 is 35.0 Å². The predicted octanol–water partition coefficient (Wildman–Crippen LogP) is 2.97. The molecule has 3 heterocycles. The van der Waals surface area contributed by atoms with Gasteiger partial charge in [-0.3, -0.25) is 9.59 Å². The second-order valence-electron chi connectivity index (χ2n) is 5.95. The second-order valence-corrected chi connectivity index (χ2v) is 6.88. The molecule has 1 aliphatic heterocycles. The van der Waals surface area contributed by atoms with Gasteiger partial charge in [0.05, 0.1) is 12.0 Å². The van der Waals surface area contributed by atoms with Crippen molar-refractivity contribution in [2.24, 2.45) is 0 Å². The van der Waals surface area contributed by atoms with Crippen LogP contribution in [0, 0.1) is 0 Å². The standard InChI is InChI=1S/C18H16N4O4S/c1-11(23)22-7-6-12-9-13(4-5-14(12)22)19-16(24)10-27-18-21-20-17(26-18)15-3-2-8-25-15/h2-5,8-9H,6-7,10H2,1H3,(H,19,24). The van der Waals surface area contributed by atoms with E-state index < -0.39 is 0 Å². The summed E-state index contributed by atoms with van der Waals surface area (Å²) in [5, 5.41) is 10.9. The van der Waals surface area contributed by atoms with Crippen molar-refractivity contribution in [1.82, 2.24) is 10.2 Å². The van der Waals surface area contributed by atoms with Crippen molar-refractivity contribution in [1.29, 1.82) is 0 Å². The Morgan fingerprint density at radius 1 is 1.30 bits per heavy atom. The number of nitrogens with one attached hydrogen (secondary N) is 1. The molecule has 1 aliphatic rings. The number of amides is 2. The van der Waals surface area contributed by atoms with Gasteiger partial charge < -0.3 is 19.1 Å². The number of rotatable bonds is 5. The Hall–Kier alpha value is -3.07. The summed E-state index contributed by atoms with van der Waals surface area (Å²) in [6.45, 7) is 2.23. The Kier molecular flexibility index (Phi) is 4.68. The molecule has 0 aliphatic carbocycles. The van der Waals surface area contributed by atoms with E-state index in [0.717, 1.165) is 29.4 Å². The van der Waals surface area contributed by atoms with Gasteiger partial charge in [-0.15, -0.1) is 10.2 Å². The molecule has 8 nitrogen and oxygen atoms in total. The summed E-state index contributed by atoms with van der Waals surface area (Å²) >= 11 is 1.15. The second kappa shape index (κ2) is 7.28. The minimum Gasteiger partial charge on any atom is -0.459 e. The largest absolute Gasteiger partial charge is 0.459 e. The molecule has 0 unspecified atom stereocenters. The van der Waals surface area contributed by atoms with E-state index in [0.29, 0.717) is 23.2 Å².